The summed E-state index contributed by atoms with van der Waals surface area (Å²) in [5, 5.41) is 3.64. The molecule has 110 valence electrons. The molecule has 1 aromatic carbocycles. The van der Waals surface area contributed by atoms with E-state index in [1.165, 1.54) is 0 Å². The Morgan fingerprint density at radius 1 is 1.24 bits per heavy atom. The first kappa shape index (κ1) is 15.5. The van der Waals surface area contributed by atoms with E-state index in [0.29, 0.717) is 39.1 Å². The van der Waals surface area contributed by atoms with E-state index in [0.717, 1.165) is 0 Å². The van der Waals surface area contributed by atoms with Crippen molar-refractivity contribution in [2.45, 2.75) is 13.8 Å². The Morgan fingerprint density at radius 2 is 1.86 bits per heavy atom. The molecule has 3 N–H and O–H groups in total. The molecule has 1 aromatic heterocycles. The van der Waals surface area contributed by atoms with Gasteiger partial charge in [-0.25, -0.2) is 9.97 Å². The Bertz CT molecular complexity index is 683. The van der Waals surface area contributed by atoms with E-state index in [1.807, 2.05) is 6.92 Å². The Kier molecular flexibility index (Phi) is 4.65. The van der Waals surface area contributed by atoms with Gasteiger partial charge < -0.3 is 11.1 Å². The van der Waals surface area contributed by atoms with E-state index in [-0.39, 0.29) is 11.9 Å². The zero-order valence-electron chi connectivity index (χ0n) is 11.6. The second-order valence-corrected chi connectivity index (χ2v) is 5.28. The molecule has 0 unspecified atom stereocenters. The van der Waals surface area contributed by atoms with E-state index in [1.54, 1.807) is 25.1 Å². The lowest BCUT2D eigenvalue weighted by atomic mass is 10.0. The highest BCUT2D eigenvalue weighted by molar-refractivity contribution is 6.35. The SMILES string of the molecule is CCNC(=O)c1c(C)nc(N)nc1-c1cc(Cl)cc(Cl)c1. The molecule has 5 nitrogen and oxygen atoms in total. The number of anilines is 1. The fourth-order valence-corrected chi connectivity index (χ4v) is 2.54. The summed E-state index contributed by atoms with van der Waals surface area (Å²) < 4.78 is 0. The predicted octanol–water partition coefficient (Wildman–Crippen LogP) is 3.09. The predicted molar refractivity (Wildman–Crippen MR) is 84.6 cm³/mol. The molecule has 0 saturated carbocycles. The normalized spacial score (nSPS) is 10.5. The monoisotopic (exact) mass is 324 g/mol. The Labute approximate surface area is 132 Å². The van der Waals surface area contributed by atoms with Crippen LogP contribution in [0.25, 0.3) is 11.3 Å². The number of carbonyl (C=O) groups is 1. The summed E-state index contributed by atoms with van der Waals surface area (Å²) in [4.78, 5) is 20.5. The van der Waals surface area contributed by atoms with Gasteiger partial charge in [0.25, 0.3) is 5.91 Å². The Morgan fingerprint density at radius 3 is 2.43 bits per heavy atom. The Hall–Kier alpha value is -1.85. The van der Waals surface area contributed by atoms with E-state index in [9.17, 15) is 4.79 Å². The van der Waals surface area contributed by atoms with Gasteiger partial charge in [0.2, 0.25) is 5.95 Å². The van der Waals surface area contributed by atoms with Gasteiger partial charge in [-0.05, 0) is 32.0 Å². The van der Waals surface area contributed by atoms with Gasteiger partial charge in [-0.15, -0.1) is 0 Å². The summed E-state index contributed by atoms with van der Waals surface area (Å²) in [7, 11) is 0. The van der Waals surface area contributed by atoms with E-state index in [4.69, 9.17) is 28.9 Å². The molecule has 2 rings (SSSR count). The molecular weight excluding hydrogens is 311 g/mol. The first-order valence-corrected chi connectivity index (χ1v) is 7.06. The van der Waals surface area contributed by atoms with Crippen molar-refractivity contribution in [2.24, 2.45) is 0 Å². The molecule has 0 radical (unpaired) electrons. The van der Waals surface area contributed by atoms with E-state index in [2.05, 4.69) is 15.3 Å². The van der Waals surface area contributed by atoms with Gasteiger partial charge in [-0.1, -0.05) is 23.2 Å². The number of rotatable bonds is 3. The quantitative estimate of drug-likeness (QED) is 0.909. The minimum absolute atomic E-state index is 0.0895. The van der Waals surface area contributed by atoms with Gasteiger partial charge in [0.1, 0.15) is 0 Å². The van der Waals surface area contributed by atoms with Crippen molar-refractivity contribution in [3.05, 3.63) is 39.5 Å². The molecule has 1 heterocycles. The van der Waals surface area contributed by atoms with Crippen LogP contribution < -0.4 is 11.1 Å². The molecule has 0 atom stereocenters. The van der Waals surface area contributed by atoms with Gasteiger partial charge >= 0.3 is 0 Å². The molecule has 0 saturated heterocycles. The summed E-state index contributed by atoms with van der Waals surface area (Å²) in [6.45, 7) is 4.04. The molecule has 7 heteroatoms. The molecule has 0 aliphatic carbocycles. The van der Waals surface area contributed by atoms with E-state index < -0.39 is 0 Å². The van der Waals surface area contributed by atoms with Crippen LogP contribution in [0.15, 0.2) is 18.2 Å². The van der Waals surface area contributed by atoms with Crippen LogP contribution in [0, 0.1) is 6.92 Å². The number of carbonyl (C=O) groups excluding carboxylic acids is 1. The summed E-state index contributed by atoms with van der Waals surface area (Å²) in [5.41, 5.74) is 7.59. The van der Waals surface area contributed by atoms with Gasteiger partial charge in [0.15, 0.2) is 0 Å². The molecule has 1 amide bonds. The highest BCUT2D eigenvalue weighted by Gasteiger charge is 2.19. The summed E-state index contributed by atoms with van der Waals surface area (Å²) in [6.07, 6.45) is 0. The van der Waals surface area contributed by atoms with Crippen LogP contribution in [0.1, 0.15) is 23.0 Å². The Balaban J connectivity index is 2.69. The third-order valence-corrected chi connectivity index (χ3v) is 3.24. The minimum Gasteiger partial charge on any atom is -0.368 e. The van der Waals surface area contributed by atoms with Crippen LogP contribution in [0.5, 0.6) is 0 Å². The maximum absolute atomic E-state index is 12.2. The first-order chi connectivity index (χ1) is 9.92. The number of benzene rings is 1. The third-order valence-electron chi connectivity index (χ3n) is 2.81. The standard InChI is InChI=1S/C14H14Cl2N4O/c1-3-18-13(21)11-7(2)19-14(17)20-12(11)8-4-9(15)6-10(16)5-8/h4-6H,3H2,1-2H3,(H,18,21)(H2,17,19,20). The van der Waals surface area contributed by atoms with Crippen molar-refractivity contribution in [2.75, 3.05) is 12.3 Å². The zero-order valence-corrected chi connectivity index (χ0v) is 13.1. The average Bonchev–Trinajstić information content (AvgIpc) is 2.36. The highest BCUT2D eigenvalue weighted by atomic mass is 35.5. The number of hydrogen-bond acceptors (Lipinski definition) is 4. The van der Waals surface area contributed by atoms with Crippen LogP contribution in [0.3, 0.4) is 0 Å². The number of aromatic nitrogens is 2. The van der Waals surface area contributed by atoms with Crippen LogP contribution in [-0.4, -0.2) is 22.4 Å². The molecule has 21 heavy (non-hydrogen) atoms. The highest BCUT2D eigenvalue weighted by Crippen LogP contribution is 2.29. The zero-order chi connectivity index (χ0) is 15.6. The van der Waals surface area contributed by atoms with Crippen LogP contribution in [0.4, 0.5) is 5.95 Å². The van der Waals surface area contributed by atoms with Crippen LogP contribution >= 0.6 is 23.2 Å². The number of halogens is 2. The number of nitrogens with one attached hydrogen (secondary N) is 1. The lowest BCUT2D eigenvalue weighted by Crippen LogP contribution is -2.25. The summed E-state index contributed by atoms with van der Waals surface area (Å²) >= 11 is 12.0. The second kappa shape index (κ2) is 6.28. The number of aryl methyl sites for hydroxylation is 1. The van der Waals surface area contributed by atoms with Gasteiger partial charge in [-0.3, -0.25) is 4.79 Å². The fourth-order valence-electron chi connectivity index (χ4n) is 2.01. The van der Waals surface area contributed by atoms with Crippen molar-refractivity contribution in [3.63, 3.8) is 0 Å². The largest absolute Gasteiger partial charge is 0.368 e. The summed E-state index contributed by atoms with van der Waals surface area (Å²) in [6, 6.07) is 4.96. The molecule has 0 aliphatic rings. The summed E-state index contributed by atoms with van der Waals surface area (Å²) in [5.74, 6) is -0.173. The van der Waals surface area contributed by atoms with Gasteiger partial charge in [0, 0.05) is 22.2 Å². The molecule has 0 spiro atoms. The fraction of sp³-hybridized carbons (Fsp3) is 0.214. The number of nitrogens with zero attached hydrogens (tertiary/aromatic N) is 2. The topological polar surface area (TPSA) is 80.9 Å². The number of amides is 1. The lowest BCUT2D eigenvalue weighted by molar-refractivity contribution is 0.0955. The number of nitrogens with two attached hydrogens (primary N) is 1. The van der Waals surface area contributed by atoms with Crippen molar-refractivity contribution in [1.29, 1.82) is 0 Å². The molecule has 0 aliphatic heterocycles. The molecule has 0 fully saturated rings. The number of nitrogen functional groups attached to an aromatic ring is 1. The maximum Gasteiger partial charge on any atom is 0.255 e. The van der Waals surface area contributed by atoms with Gasteiger partial charge in [0.05, 0.1) is 17.0 Å². The number of hydrogen-bond donors (Lipinski definition) is 2. The van der Waals surface area contributed by atoms with Crippen molar-refractivity contribution >= 4 is 35.1 Å². The van der Waals surface area contributed by atoms with Crippen molar-refractivity contribution in [3.8, 4) is 11.3 Å². The van der Waals surface area contributed by atoms with E-state index >= 15 is 0 Å². The van der Waals surface area contributed by atoms with Crippen molar-refractivity contribution < 1.29 is 4.79 Å². The second-order valence-electron chi connectivity index (χ2n) is 4.41. The maximum atomic E-state index is 12.2. The van der Waals surface area contributed by atoms with Crippen LogP contribution in [-0.2, 0) is 0 Å². The molecule has 2 aromatic rings. The van der Waals surface area contributed by atoms with Crippen LogP contribution in [0.2, 0.25) is 10.0 Å². The van der Waals surface area contributed by atoms with Crippen molar-refractivity contribution in [1.82, 2.24) is 15.3 Å². The molecule has 0 bridgehead atoms. The third kappa shape index (κ3) is 3.43. The first-order valence-electron chi connectivity index (χ1n) is 6.31. The average molecular weight is 325 g/mol. The molecular formula is C14H14Cl2N4O. The lowest BCUT2D eigenvalue weighted by Gasteiger charge is -2.12. The minimum atomic E-state index is -0.263. The van der Waals surface area contributed by atoms with Gasteiger partial charge in [-0.2, -0.15) is 0 Å². The smallest absolute Gasteiger partial charge is 0.255 e.